The molecule has 0 atom stereocenters. The molecule has 0 saturated carbocycles. The van der Waals surface area contributed by atoms with Gasteiger partial charge in [-0.2, -0.15) is 4.31 Å². The van der Waals surface area contributed by atoms with Gasteiger partial charge >= 0.3 is 6.03 Å². The molecule has 2 N–H and O–H groups in total. The minimum Gasteiger partial charge on any atom is -0.334 e. The molecule has 2 amide bonds. The van der Waals surface area contributed by atoms with Crippen molar-refractivity contribution in [3.05, 3.63) is 58.1 Å². The lowest BCUT2D eigenvalue weighted by Crippen LogP contribution is -2.35. The zero-order chi connectivity index (χ0) is 20.1. The number of carbonyl (C=O) groups is 1. The van der Waals surface area contributed by atoms with Crippen LogP contribution in [0.5, 0.6) is 0 Å². The molecule has 1 saturated heterocycles. The Morgan fingerprint density at radius 1 is 0.964 bits per heavy atom. The monoisotopic (exact) mass is 441 g/mol. The van der Waals surface area contributed by atoms with Crippen LogP contribution in [0.2, 0.25) is 10.0 Å². The number of hydrogen-bond acceptors (Lipinski definition) is 3. The van der Waals surface area contributed by atoms with E-state index in [1.807, 2.05) is 0 Å². The molecule has 1 aliphatic heterocycles. The van der Waals surface area contributed by atoms with Crippen molar-refractivity contribution < 1.29 is 13.2 Å². The van der Waals surface area contributed by atoms with Crippen molar-refractivity contribution in [2.45, 2.75) is 30.7 Å². The number of piperidine rings is 1. The van der Waals surface area contributed by atoms with E-state index in [0.717, 1.165) is 24.8 Å². The first-order chi connectivity index (χ1) is 13.4. The van der Waals surface area contributed by atoms with E-state index in [1.54, 1.807) is 42.5 Å². The van der Waals surface area contributed by atoms with Gasteiger partial charge in [-0.1, -0.05) is 41.8 Å². The molecule has 0 aromatic heterocycles. The average molecular weight is 442 g/mol. The molecule has 0 spiro atoms. The van der Waals surface area contributed by atoms with E-state index in [2.05, 4.69) is 10.6 Å². The second-order valence-electron chi connectivity index (χ2n) is 6.55. The fourth-order valence-electron chi connectivity index (χ4n) is 2.97. The highest BCUT2D eigenvalue weighted by Gasteiger charge is 2.25. The molecule has 1 fully saturated rings. The first kappa shape index (κ1) is 20.9. The number of anilines is 1. The molecule has 2 aromatic carbocycles. The number of carbonyl (C=O) groups excluding carboxylic acids is 1. The summed E-state index contributed by atoms with van der Waals surface area (Å²) in [5.74, 6) is 0. The molecule has 0 aliphatic carbocycles. The Labute approximate surface area is 174 Å². The molecule has 1 aliphatic rings. The van der Waals surface area contributed by atoms with Crippen molar-refractivity contribution in [2.75, 3.05) is 18.4 Å². The number of benzene rings is 2. The smallest absolute Gasteiger partial charge is 0.319 e. The predicted octanol–water partition coefficient (Wildman–Crippen LogP) is 4.49. The summed E-state index contributed by atoms with van der Waals surface area (Å²) < 4.78 is 26.8. The fourth-order valence-corrected chi connectivity index (χ4v) is 4.78. The Morgan fingerprint density at radius 3 is 2.29 bits per heavy atom. The summed E-state index contributed by atoms with van der Waals surface area (Å²) in [7, 11) is -3.45. The number of urea groups is 1. The van der Waals surface area contributed by atoms with Crippen LogP contribution < -0.4 is 10.6 Å². The Balaban J connectivity index is 1.56. The summed E-state index contributed by atoms with van der Waals surface area (Å²) in [4.78, 5) is 12.3. The van der Waals surface area contributed by atoms with Crippen molar-refractivity contribution in [3.8, 4) is 0 Å². The number of nitrogens with zero attached hydrogens (tertiary/aromatic N) is 1. The molecular formula is C19H21Cl2N3O3S. The van der Waals surface area contributed by atoms with Gasteiger partial charge in [0.05, 0.1) is 14.9 Å². The van der Waals surface area contributed by atoms with E-state index < -0.39 is 16.1 Å². The topological polar surface area (TPSA) is 78.5 Å². The number of sulfonamides is 1. The predicted molar refractivity (Wildman–Crippen MR) is 111 cm³/mol. The van der Waals surface area contributed by atoms with Gasteiger partial charge in [0.1, 0.15) is 0 Å². The van der Waals surface area contributed by atoms with E-state index in [0.29, 0.717) is 28.8 Å². The lowest BCUT2D eigenvalue weighted by molar-refractivity contribution is 0.251. The summed E-state index contributed by atoms with van der Waals surface area (Å²) in [5.41, 5.74) is 1.32. The van der Waals surface area contributed by atoms with E-state index >= 15 is 0 Å². The van der Waals surface area contributed by atoms with Crippen LogP contribution in [-0.2, 0) is 16.6 Å². The summed E-state index contributed by atoms with van der Waals surface area (Å²) >= 11 is 11.8. The minimum absolute atomic E-state index is 0.261. The molecule has 28 heavy (non-hydrogen) atoms. The highest BCUT2D eigenvalue weighted by atomic mass is 35.5. The third-order valence-corrected chi connectivity index (χ3v) is 7.16. The Kier molecular flexibility index (Phi) is 6.82. The lowest BCUT2D eigenvalue weighted by Gasteiger charge is -2.25. The molecule has 2 aromatic rings. The number of rotatable bonds is 5. The largest absolute Gasteiger partial charge is 0.334 e. The van der Waals surface area contributed by atoms with Crippen molar-refractivity contribution in [2.24, 2.45) is 0 Å². The molecule has 0 unspecified atom stereocenters. The SMILES string of the molecule is O=C(NCc1ccc(S(=O)(=O)N2CCCCC2)cc1)Nc1ccc(Cl)c(Cl)c1. The fraction of sp³-hybridized carbons (Fsp3) is 0.316. The number of halogens is 2. The third kappa shape index (κ3) is 5.17. The second kappa shape index (κ2) is 9.13. The molecule has 6 nitrogen and oxygen atoms in total. The summed E-state index contributed by atoms with van der Waals surface area (Å²) in [6, 6.07) is 11.0. The molecule has 0 bridgehead atoms. The van der Waals surface area contributed by atoms with E-state index in [-0.39, 0.29) is 11.4 Å². The number of nitrogens with one attached hydrogen (secondary N) is 2. The quantitative estimate of drug-likeness (QED) is 0.716. The highest BCUT2D eigenvalue weighted by Crippen LogP contribution is 2.25. The Bertz CT molecular complexity index is 943. The maximum atomic E-state index is 12.6. The molecular weight excluding hydrogens is 421 g/mol. The summed E-state index contributed by atoms with van der Waals surface area (Å²) in [5, 5.41) is 6.14. The van der Waals surface area contributed by atoms with Crippen LogP contribution in [0.4, 0.5) is 10.5 Å². The van der Waals surface area contributed by atoms with Crippen LogP contribution in [-0.4, -0.2) is 31.8 Å². The normalized spacial score (nSPS) is 15.2. The lowest BCUT2D eigenvalue weighted by atomic mass is 10.2. The first-order valence-corrected chi connectivity index (χ1v) is 11.1. The van der Waals surface area contributed by atoms with Gasteiger partial charge in [0.2, 0.25) is 10.0 Å². The van der Waals surface area contributed by atoms with Crippen LogP contribution in [0.3, 0.4) is 0 Å². The molecule has 9 heteroatoms. The van der Waals surface area contributed by atoms with Gasteiger partial charge in [-0.15, -0.1) is 0 Å². The van der Waals surface area contributed by atoms with Crippen molar-refractivity contribution in [3.63, 3.8) is 0 Å². The maximum absolute atomic E-state index is 12.6. The van der Waals surface area contributed by atoms with E-state index in [9.17, 15) is 13.2 Å². The molecule has 1 heterocycles. The van der Waals surface area contributed by atoms with E-state index in [4.69, 9.17) is 23.2 Å². The third-order valence-electron chi connectivity index (χ3n) is 4.51. The Hall–Kier alpha value is -1.80. The van der Waals surface area contributed by atoms with E-state index in [1.165, 1.54) is 4.31 Å². The highest BCUT2D eigenvalue weighted by molar-refractivity contribution is 7.89. The van der Waals surface area contributed by atoms with Gasteiger partial charge in [-0.3, -0.25) is 0 Å². The number of hydrogen-bond donors (Lipinski definition) is 2. The van der Waals surface area contributed by atoms with Gasteiger partial charge in [-0.05, 0) is 48.7 Å². The van der Waals surface area contributed by atoms with Crippen LogP contribution in [0.25, 0.3) is 0 Å². The first-order valence-electron chi connectivity index (χ1n) is 8.95. The molecule has 150 valence electrons. The van der Waals surface area contributed by atoms with Crippen molar-refractivity contribution >= 4 is 44.9 Å². The van der Waals surface area contributed by atoms with Gasteiger partial charge < -0.3 is 10.6 Å². The van der Waals surface area contributed by atoms with Crippen LogP contribution in [0.1, 0.15) is 24.8 Å². The van der Waals surface area contributed by atoms with Crippen LogP contribution in [0.15, 0.2) is 47.4 Å². The van der Waals surface area contributed by atoms with Gasteiger partial charge in [0.25, 0.3) is 0 Å². The zero-order valence-corrected chi connectivity index (χ0v) is 17.4. The standard InChI is InChI=1S/C19H21Cl2N3O3S/c20-17-9-6-15(12-18(17)21)23-19(25)22-13-14-4-7-16(8-5-14)28(26,27)24-10-2-1-3-11-24/h4-9,12H,1-3,10-11,13H2,(H2,22,23,25). The van der Waals surface area contributed by atoms with Gasteiger partial charge in [-0.25, -0.2) is 13.2 Å². The Morgan fingerprint density at radius 2 is 1.64 bits per heavy atom. The zero-order valence-electron chi connectivity index (χ0n) is 15.1. The summed E-state index contributed by atoms with van der Waals surface area (Å²) in [6.07, 6.45) is 2.87. The molecule has 3 rings (SSSR count). The van der Waals surface area contributed by atoms with Crippen molar-refractivity contribution in [1.29, 1.82) is 0 Å². The van der Waals surface area contributed by atoms with Crippen molar-refractivity contribution in [1.82, 2.24) is 9.62 Å². The average Bonchev–Trinajstić information content (AvgIpc) is 2.70. The minimum atomic E-state index is -3.45. The van der Waals surface area contributed by atoms with Crippen LogP contribution >= 0.6 is 23.2 Å². The van der Waals surface area contributed by atoms with Gasteiger partial charge in [0.15, 0.2) is 0 Å². The summed E-state index contributed by atoms with van der Waals surface area (Å²) in [6.45, 7) is 1.40. The second-order valence-corrected chi connectivity index (χ2v) is 9.30. The van der Waals surface area contributed by atoms with Crippen LogP contribution in [0, 0.1) is 0 Å². The van der Waals surface area contributed by atoms with Gasteiger partial charge in [0, 0.05) is 25.3 Å². The maximum Gasteiger partial charge on any atom is 0.319 e. The molecule has 0 radical (unpaired) electrons. The number of amides is 2.